The van der Waals surface area contributed by atoms with Crippen LogP contribution >= 0.6 is 0 Å². The Morgan fingerprint density at radius 2 is 2.03 bits per heavy atom. The lowest BCUT2D eigenvalue weighted by Gasteiger charge is -2.36. The lowest BCUT2D eigenvalue weighted by molar-refractivity contribution is -0.138. The van der Waals surface area contributed by atoms with Gasteiger partial charge in [-0.1, -0.05) is 24.3 Å². The highest BCUT2D eigenvalue weighted by molar-refractivity contribution is 5.83. The van der Waals surface area contributed by atoms with Gasteiger partial charge < -0.3 is 9.88 Å². The summed E-state index contributed by atoms with van der Waals surface area (Å²) in [5.74, 6) is 0.700. The van der Waals surface area contributed by atoms with Crippen molar-refractivity contribution in [1.29, 1.82) is 0 Å². The molecule has 0 radical (unpaired) electrons. The van der Waals surface area contributed by atoms with Gasteiger partial charge in [0.05, 0.1) is 28.7 Å². The average molecular weight is 415 g/mol. The molecule has 2 unspecified atom stereocenters. The topological polar surface area (TPSA) is 83.9 Å². The van der Waals surface area contributed by atoms with E-state index in [1.54, 1.807) is 19.2 Å². The number of carbonyl (C=O) groups is 1. The van der Waals surface area contributed by atoms with Gasteiger partial charge in [-0.15, -0.1) is 0 Å². The summed E-state index contributed by atoms with van der Waals surface area (Å²) in [6.45, 7) is 4.44. The van der Waals surface area contributed by atoms with Crippen LogP contribution in [0.15, 0.2) is 53.5 Å². The largest absolute Gasteiger partial charge is 0.340 e. The normalized spacial score (nSPS) is 17.9. The van der Waals surface area contributed by atoms with Gasteiger partial charge in [-0.3, -0.25) is 9.59 Å². The van der Waals surface area contributed by atoms with Gasteiger partial charge >= 0.3 is 0 Å². The van der Waals surface area contributed by atoms with Gasteiger partial charge in [-0.05, 0) is 56.9 Å². The number of imidazole rings is 1. The highest BCUT2D eigenvalue weighted by Crippen LogP contribution is 2.32. The van der Waals surface area contributed by atoms with Crippen molar-refractivity contribution in [1.82, 2.24) is 24.6 Å². The maximum absolute atomic E-state index is 13.5. The highest BCUT2D eigenvalue weighted by atomic mass is 16.2. The Bertz CT molecular complexity index is 1340. The van der Waals surface area contributed by atoms with Crippen LogP contribution < -0.4 is 5.56 Å². The predicted molar refractivity (Wildman–Crippen MR) is 120 cm³/mol. The molecule has 31 heavy (non-hydrogen) atoms. The molecule has 7 heteroatoms. The number of benzene rings is 2. The molecule has 1 N–H and O–H groups in total. The second kappa shape index (κ2) is 7.65. The number of piperidine rings is 1. The monoisotopic (exact) mass is 415 g/mol. The first-order valence-electron chi connectivity index (χ1n) is 10.8. The summed E-state index contributed by atoms with van der Waals surface area (Å²) in [6.07, 6.45) is 4.47. The number of aromatic nitrogens is 4. The number of H-pyrrole nitrogens is 1. The van der Waals surface area contributed by atoms with E-state index in [2.05, 4.69) is 16.1 Å². The minimum atomic E-state index is -0.690. The molecule has 1 aliphatic rings. The van der Waals surface area contributed by atoms with Crippen LogP contribution in [-0.4, -0.2) is 37.1 Å². The molecule has 0 spiro atoms. The van der Waals surface area contributed by atoms with Crippen LogP contribution in [0, 0.1) is 6.92 Å². The van der Waals surface area contributed by atoms with E-state index in [0.717, 1.165) is 47.1 Å². The molecule has 5 rings (SSSR count). The van der Waals surface area contributed by atoms with Crippen LogP contribution in [0.4, 0.5) is 0 Å². The lowest BCUT2D eigenvalue weighted by Crippen LogP contribution is -2.44. The number of fused-ring (bicyclic) bond motifs is 2. The Labute approximate surface area is 179 Å². The quantitative estimate of drug-likeness (QED) is 0.550. The third-order valence-electron chi connectivity index (χ3n) is 6.20. The van der Waals surface area contributed by atoms with E-state index >= 15 is 0 Å². The minimum absolute atomic E-state index is 0.105. The summed E-state index contributed by atoms with van der Waals surface area (Å²) in [5.41, 5.74) is 2.80. The lowest BCUT2D eigenvalue weighted by atomic mass is 10.0. The molecule has 2 aromatic carbocycles. The molecule has 0 saturated carbocycles. The Kier molecular flexibility index (Phi) is 4.81. The van der Waals surface area contributed by atoms with Crippen molar-refractivity contribution in [2.75, 3.05) is 6.54 Å². The third-order valence-corrected chi connectivity index (χ3v) is 6.20. The van der Waals surface area contributed by atoms with Crippen molar-refractivity contribution in [3.05, 3.63) is 70.4 Å². The van der Waals surface area contributed by atoms with Crippen molar-refractivity contribution in [3.8, 4) is 0 Å². The van der Waals surface area contributed by atoms with Crippen LogP contribution in [0.2, 0.25) is 0 Å². The first-order valence-corrected chi connectivity index (χ1v) is 10.8. The van der Waals surface area contributed by atoms with E-state index in [4.69, 9.17) is 4.98 Å². The first kappa shape index (κ1) is 19.5. The number of nitrogens with one attached hydrogen (secondary N) is 1. The summed E-state index contributed by atoms with van der Waals surface area (Å²) in [5, 5.41) is 5.64. The van der Waals surface area contributed by atoms with E-state index in [1.165, 1.54) is 4.68 Å². The second-order valence-electron chi connectivity index (χ2n) is 8.34. The summed E-state index contributed by atoms with van der Waals surface area (Å²) in [7, 11) is 0. The Balaban J connectivity index is 1.49. The van der Waals surface area contributed by atoms with E-state index in [1.807, 2.05) is 42.2 Å². The van der Waals surface area contributed by atoms with Gasteiger partial charge in [-0.2, -0.15) is 5.10 Å². The van der Waals surface area contributed by atoms with Crippen LogP contribution in [0.3, 0.4) is 0 Å². The van der Waals surface area contributed by atoms with Crippen molar-refractivity contribution >= 4 is 27.7 Å². The number of likely N-dealkylation sites (tertiary alicyclic amines) is 1. The van der Waals surface area contributed by atoms with Crippen LogP contribution in [0.25, 0.3) is 21.8 Å². The van der Waals surface area contributed by atoms with Crippen molar-refractivity contribution in [2.24, 2.45) is 0 Å². The average Bonchev–Trinajstić information content (AvgIpc) is 3.21. The van der Waals surface area contributed by atoms with Gasteiger partial charge in [0, 0.05) is 11.9 Å². The standard InChI is InChI=1S/C24H25N5O2/c1-15-10-11-19-20(13-15)27-22(26-19)21-9-5-6-12-28(21)23(30)16(2)29-24(31)18-8-4-3-7-17(18)14-25-29/h3-4,7-8,10-11,13-14,16,21H,5-6,9,12H2,1-2H3,(H,26,27). The first-order chi connectivity index (χ1) is 15.0. The zero-order chi connectivity index (χ0) is 21.5. The van der Waals surface area contributed by atoms with Gasteiger partial charge in [-0.25, -0.2) is 9.67 Å². The highest BCUT2D eigenvalue weighted by Gasteiger charge is 2.34. The van der Waals surface area contributed by atoms with Crippen LogP contribution in [-0.2, 0) is 4.79 Å². The molecule has 1 fully saturated rings. The Hall–Kier alpha value is -3.48. The van der Waals surface area contributed by atoms with Gasteiger partial charge in [0.15, 0.2) is 0 Å². The molecule has 1 amide bonds. The summed E-state index contributed by atoms with van der Waals surface area (Å²) in [4.78, 5) is 36.5. The zero-order valence-corrected chi connectivity index (χ0v) is 17.7. The fraction of sp³-hybridized carbons (Fsp3) is 0.333. The molecular weight excluding hydrogens is 390 g/mol. The molecule has 1 saturated heterocycles. The number of aromatic amines is 1. The van der Waals surface area contributed by atoms with E-state index in [9.17, 15) is 9.59 Å². The number of rotatable bonds is 3. The van der Waals surface area contributed by atoms with E-state index < -0.39 is 6.04 Å². The molecule has 7 nitrogen and oxygen atoms in total. The fourth-order valence-corrected chi connectivity index (χ4v) is 4.51. The molecule has 0 bridgehead atoms. The molecule has 2 atom stereocenters. The zero-order valence-electron chi connectivity index (χ0n) is 17.7. The molecule has 3 heterocycles. The number of nitrogens with zero attached hydrogens (tertiary/aromatic N) is 4. The van der Waals surface area contributed by atoms with E-state index in [0.29, 0.717) is 11.9 Å². The molecule has 1 aliphatic heterocycles. The summed E-state index contributed by atoms with van der Waals surface area (Å²) >= 11 is 0. The Morgan fingerprint density at radius 1 is 1.19 bits per heavy atom. The number of hydrogen-bond donors (Lipinski definition) is 1. The molecule has 4 aromatic rings. The summed E-state index contributed by atoms with van der Waals surface area (Å²) in [6, 6.07) is 12.6. The van der Waals surface area contributed by atoms with Crippen LogP contribution in [0.5, 0.6) is 0 Å². The third kappa shape index (κ3) is 3.40. The van der Waals surface area contributed by atoms with Gasteiger partial charge in [0.25, 0.3) is 5.56 Å². The SMILES string of the molecule is Cc1ccc2nc(C3CCCCN3C(=O)C(C)n3ncc4ccccc4c3=O)[nH]c2c1. The maximum Gasteiger partial charge on any atom is 0.275 e. The molecule has 158 valence electrons. The van der Waals surface area contributed by atoms with E-state index in [-0.39, 0.29) is 17.5 Å². The molecule has 0 aliphatic carbocycles. The smallest absolute Gasteiger partial charge is 0.275 e. The minimum Gasteiger partial charge on any atom is -0.340 e. The Morgan fingerprint density at radius 3 is 2.90 bits per heavy atom. The number of carbonyl (C=O) groups excluding carboxylic acids is 1. The summed E-state index contributed by atoms with van der Waals surface area (Å²) < 4.78 is 1.30. The fourth-order valence-electron chi connectivity index (χ4n) is 4.51. The van der Waals surface area contributed by atoms with Crippen molar-refractivity contribution in [2.45, 2.75) is 45.2 Å². The van der Waals surface area contributed by atoms with Gasteiger partial charge in [0.2, 0.25) is 5.91 Å². The van der Waals surface area contributed by atoms with Gasteiger partial charge in [0.1, 0.15) is 11.9 Å². The second-order valence-corrected chi connectivity index (χ2v) is 8.34. The van der Waals surface area contributed by atoms with Crippen LogP contribution in [0.1, 0.15) is 49.7 Å². The number of amides is 1. The number of hydrogen-bond acceptors (Lipinski definition) is 4. The van der Waals surface area contributed by atoms with Crippen molar-refractivity contribution < 1.29 is 4.79 Å². The predicted octanol–water partition coefficient (Wildman–Crippen LogP) is 3.90. The van der Waals surface area contributed by atoms with Crippen molar-refractivity contribution in [3.63, 3.8) is 0 Å². The number of aryl methyl sites for hydroxylation is 1. The molecular formula is C24H25N5O2. The maximum atomic E-state index is 13.5. The molecule has 2 aromatic heterocycles.